The number of amides is 2. The van der Waals surface area contributed by atoms with Gasteiger partial charge in [0.2, 0.25) is 0 Å². The van der Waals surface area contributed by atoms with Crippen molar-refractivity contribution in [1.29, 1.82) is 0 Å². The number of nitrogens with one attached hydrogen (secondary N) is 2. The average molecular weight is 438 g/mol. The Morgan fingerprint density at radius 2 is 1.70 bits per heavy atom. The van der Waals surface area contributed by atoms with Gasteiger partial charge in [-0.1, -0.05) is 25.1 Å². The van der Waals surface area contributed by atoms with Gasteiger partial charge in [-0.2, -0.15) is 0 Å². The molecule has 0 unspecified atom stereocenters. The molecule has 0 heterocycles. The Labute approximate surface area is 160 Å². The molecule has 0 aromatic heterocycles. The zero-order chi connectivity index (χ0) is 20.4. The number of hydrogen-bond donors (Lipinski definition) is 5. The normalized spacial score (nSPS) is 10.4. The van der Waals surface area contributed by atoms with Crippen molar-refractivity contribution < 1.29 is 26.6 Å². The Morgan fingerprint density at radius 1 is 1.07 bits per heavy atom. The molecule has 2 aromatic carbocycles. The second-order valence-electron chi connectivity index (χ2n) is 5.55. The first-order chi connectivity index (χ1) is 12.6. The summed E-state index contributed by atoms with van der Waals surface area (Å²) in [5.74, 6) is -0.657. The fourth-order valence-electron chi connectivity index (χ4n) is 1.93. The van der Waals surface area contributed by atoms with Gasteiger partial charge in [0.15, 0.2) is 0 Å². The molecule has 0 saturated heterocycles. The molecule has 27 heavy (non-hydrogen) atoms. The molecule has 0 aliphatic carbocycles. The van der Waals surface area contributed by atoms with Crippen LogP contribution in [0.25, 0.3) is 0 Å². The average Bonchev–Trinajstić information content (AvgIpc) is 2.61. The van der Waals surface area contributed by atoms with Gasteiger partial charge in [-0.25, -0.2) is 0 Å². The first-order valence-corrected chi connectivity index (χ1v) is 11.5. The summed E-state index contributed by atoms with van der Waals surface area (Å²) in [5, 5.41) is 14.4. The van der Waals surface area contributed by atoms with E-state index in [-0.39, 0.29) is 21.7 Å². The fraction of sp³-hybridized carbons (Fsp3) is 0.222. The Morgan fingerprint density at radius 3 is 2.22 bits per heavy atom. The van der Waals surface area contributed by atoms with Crippen molar-refractivity contribution in [1.82, 2.24) is 5.32 Å². The number of rotatable bonds is 5. The fourth-order valence-corrected chi connectivity index (χ4v) is 3.11. The van der Waals surface area contributed by atoms with Gasteiger partial charge in [-0.15, -0.1) is 0 Å². The SMILES string of the molecule is CC(=O)Nc1cc([As](=O)(O)O)ccc1O.CCCNC(=O)c1ccccc1. The zero-order valence-electron chi connectivity index (χ0n) is 15.0. The van der Waals surface area contributed by atoms with Crippen LogP contribution in [-0.2, 0) is 8.53 Å². The van der Waals surface area contributed by atoms with E-state index in [0.717, 1.165) is 36.7 Å². The van der Waals surface area contributed by atoms with E-state index in [2.05, 4.69) is 10.6 Å². The molecule has 0 aliphatic rings. The van der Waals surface area contributed by atoms with E-state index < -0.39 is 20.1 Å². The van der Waals surface area contributed by atoms with Crippen LogP contribution in [0.3, 0.4) is 0 Å². The van der Waals surface area contributed by atoms with Crippen LogP contribution < -0.4 is 15.0 Å². The quantitative estimate of drug-likeness (QED) is 0.345. The molecule has 0 fully saturated rings. The van der Waals surface area contributed by atoms with Gasteiger partial charge in [0.25, 0.3) is 5.91 Å². The van der Waals surface area contributed by atoms with E-state index in [9.17, 15) is 18.4 Å². The van der Waals surface area contributed by atoms with Crippen LogP contribution in [0.15, 0.2) is 48.5 Å². The monoisotopic (exact) mass is 438 g/mol. The molecule has 2 rings (SSSR count). The maximum Gasteiger partial charge on any atom is 0.251 e. The molecule has 0 atom stereocenters. The van der Waals surface area contributed by atoms with Gasteiger partial charge in [-0.3, -0.25) is 4.79 Å². The first kappa shape index (κ1) is 22.5. The van der Waals surface area contributed by atoms with Gasteiger partial charge < -0.3 is 5.32 Å². The molecule has 2 aromatic rings. The minimum Gasteiger partial charge on any atom is -0.352 e. The summed E-state index contributed by atoms with van der Waals surface area (Å²) in [6, 6.07) is 12.6. The number of anilines is 1. The van der Waals surface area contributed by atoms with E-state index in [1.807, 2.05) is 37.3 Å². The van der Waals surface area contributed by atoms with Crippen LogP contribution in [0.5, 0.6) is 5.75 Å². The van der Waals surface area contributed by atoms with Gasteiger partial charge >= 0.3 is 88.1 Å². The minimum atomic E-state index is -4.98. The van der Waals surface area contributed by atoms with Crippen LogP contribution >= 0.6 is 0 Å². The van der Waals surface area contributed by atoms with Crippen molar-refractivity contribution in [3.05, 3.63) is 54.1 Å². The number of hydrogen-bond acceptors (Lipinski definition) is 4. The Kier molecular flexibility index (Phi) is 8.81. The molecule has 0 bridgehead atoms. The van der Waals surface area contributed by atoms with E-state index >= 15 is 0 Å². The van der Waals surface area contributed by atoms with E-state index in [0.29, 0.717) is 0 Å². The molecule has 0 aliphatic heterocycles. The number of phenolic OH excluding ortho intramolecular Hbond substituents is 1. The molecule has 9 heteroatoms. The van der Waals surface area contributed by atoms with Gasteiger partial charge in [0, 0.05) is 12.1 Å². The summed E-state index contributed by atoms with van der Waals surface area (Å²) in [6.07, 6.45) is 0.971. The molecule has 0 spiro atoms. The number of phenols is 1. The summed E-state index contributed by atoms with van der Waals surface area (Å²) in [7, 11) is 0. The van der Waals surface area contributed by atoms with Crippen molar-refractivity contribution in [3.63, 3.8) is 0 Å². The second-order valence-corrected chi connectivity index (χ2v) is 8.91. The predicted octanol–water partition coefficient (Wildman–Crippen LogP) is 0.738. The van der Waals surface area contributed by atoms with Gasteiger partial charge in [0.05, 0.1) is 0 Å². The molecule has 2 amide bonds. The molecular formula is C18H23AsN2O6. The van der Waals surface area contributed by atoms with E-state index in [1.165, 1.54) is 6.92 Å². The van der Waals surface area contributed by atoms with E-state index in [4.69, 9.17) is 8.19 Å². The van der Waals surface area contributed by atoms with Gasteiger partial charge in [0.1, 0.15) is 0 Å². The van der Waals surface area contributed by atoms with Crippen molar-refractivity contribution in [2.75, 3.05) is 11.9 Å². The van der Waals surface area contributed by atoms with Crippen molar-refractivity contribution in [2.24, 2.45) is 0 Å². The van der Waals surface area contributed by atoms with Crippen molar-refractivity contribution in [3.8, 4) is 5.75 Å². The zero-order valence-corrected chi connectivity index (χ0v) is 16.9. The first-order valence-electron chi connectivity index (χ1n) is 8.15. The van der Waals surface area contributed by atoms with Gasteiger partial charge in [-0.05, 0) is 18.6 Å². The summed E-state index contributed by atoms with van der Waals surface area (Å²) < 4.78 is 28.6. The molecule has 0 saturated carbocycles. The van der Waals surface area contributed by atoms with E-state index in [1.54, 1.807) is 0 Å². The largest absolute Gasteiger partial charge is 0.352 e. The Balaban J connectivity index is 0.000000277. The number of aromatic hydroxyl groups is 1. The Bertz CT molecular complexity index is 820. The number of carbonyl (C=O) groups excluding carboxylic acids is 2. The Hall–Kier alpha value is -2.54. The predicted molar refractivity (Wildman–Crippen MR) is 102 cm³/mol. The summed E-state index contributed by atoms with van der Waals surface area (Å²) in [5.41, 5.74) is 0.718. The van der Waals surface area contributed by atoms with Crippen LogP contribution in [0.2, 0.25) is 0 Å². The molecular weight excluding hydrogens is 415 g/mol. The molecule has 0 radical (unpaired) electrons. The smallest absolute Gasteiger partial charge is 0.251 e. The topological polar surface area (TPSA) is 136 Å². The van der Waals surface area contributed by atoms with Crippen LogP contribution in [0.4, 0.5) is 5.69 Å². The standard InChI is InChI=1S/C10H13NO.C8H10AsNO5/c1-2-8-11-10(12)9-6-4-3-5-7-9;1-5(11)10-7-4-6(9(13,14)15)2-3-8(7)12/h3-7H,2,8H2,1H3,(H,11,12);2-4,12H,1H3,(H,10,11)(H2,13,14,15). The molecule has 8 nitrogen and oxygen atoms in total. The third-order valence-electron chi connectivity index (χ3n) is 3.20. The third kappa shape index (κ3) is 8.13. The molecule has 5 N–H and O–H groups in total. The van der Waals surface area contributed by atoms with Crippen molar-refractivity contribution in [2.45, 2.75) is 20.3 Å². The number of carbonyl (C=O) groups is 2. The molecule has 146 valence electrons. The maximum absolute atomic E-state index is 11.3. The second kappa shape index (κ2) is 10.6. The van der Waals surface area contributed by atoms with Crippen LogP contribution in [-0.4, -0.2) is 45.8 Å². The summed E-state index contributed by atoms with van der Waals surface area (Å²) >= 11 is -4.98. The maximum atomic E-state index is 11.3. The minimum absolute atomic E-state index is 0.00951. The van der Waals surface area contributed by atoms with Crippen molar-refractivity contribution >= 4 is 36.0 Å². The summed E-state index contributed by atoms with van der Waals surface area (Å²) in [4.78, 5) is 22.0. The van der Waals surface area contributed by atoms with Crippen LogP contribution in [0.1, 0.15) is 30.6 Å². The third-order valence-corrected chi connectivity index (χ3v) is 5.19. The van der Waals surface area contributed by atoms with Crippen LogP contribution in [0, 0.1) is 0 Å². The summed E-state index contributed by atoms with van der Waals surface area (Å²) in [6.45, 7) is 4.01. The number of benzene rings is 2.